The van der Waals surface area contributed by atoms with E-state index in [0.29, 0.717) is 25.9 Å². The first-order valence-corrected chi connectivity index (χ1v) is 8.23. The van der Waals surface area contributed by atoms with Crippen molar-refractivity contribution in [2.45, 2.75) is 12.8 Å². The van der Waals surface area contributed by atoms with E-state index in [2.05, 4.69) is 9.97 Å². The Morgan fingerprint density at radius 3 is 2.69 bits per heavy atom. The zero-order valence-corrected chi connectivity index (χ0v) is 13.8. The van der Waals surface area contributed by atoms with Gasteiger partial charge in [0, 0.05) is 41.9 Å². The van der Waals surface area contributed by atoms with Gasteiger partial charge >= 0.3 is 0 Å². The zero-order valence-electron chi connectivity index (χ0n) is 13.8. The maximum Gasteiger partial charge on any atom is 0.253 e. The molecule has 0 fully saturated rings. The molecule has 0 radical (unpaired) electrons. The number of benzene rings is 1. The maximum absolute atomic E-state index is 13.4. The molecule has 0 saturated carbocycles. The van der Waals surface area contributed by atoms with E-state index in [1.165, 1.54) is 12.4 Å². The number of carbonyl (C=O) groups is 1. The zero-order chi connectivity index (χ0) is 18.1. The Labute approximate surface area is 148 Å². The fourth-order valence-electron chi connectivity index (χ4n) is 3.19. The lowest BCUT2D eigenvalue weighted by atomic mass is 10.0. The first-order valence-electron chi connectivity index (χ1n) is 8.23. The third-order valence-corrected chi connectivity index (χ3v) is 4.53. The van der Waals surface area contributed by atoms with E-state index in [-0.39, 0.29) is 11.5 Å². The summed E-state index contributed by atoms with van der Waals surface area (Å²) in [7, 11) is 0. The van der Waals surface area contributed by atoms with Crippen LogP contribution in [0.1, 0.15) is 21.6 Å². The molecular weight excluding hydrogens is 340 g/mol. The number of halogens is 2. The molecule has 4 rings (SSSR count). The molecule has 0 N–H and O–H groups in total. The van der Waals surface area contributed by atoms with Crippen molar-refractivity contribution >= 4 is 5.91 Å². The minimum atomic E-state index is -1.03. The van der Waals surface area contributed by atoms with Gasteiger partial charge in [-0.2, -0.15) is 0 Å². The van der Waals surface area contributed by atoms with Gasteiger partial charge in [-0.15, -0.1) is 0 Å². The van der Waals surface area contributed by atoms with Crippen molar-refractivity contribution in [1.82, 2.24) is 14.9 Å². The standard InChI is InChI=1S/C19H15F2N3O2/c20-15-2-1-12(9-16(15)21)19(25)24-6-3-14-17(4-7-24)22-11-23-18(14)13-5-8-26-10-13/h1-2,5,8-11H,3-4,6-7H2. The van der Waals surface area contributed by atoms with Gasteiger partial charge in [0.2, 0.25) is 0 Å². The number of rotatable bonds is 2. The third kappa shape index (κ3) is 2.96. The Balaban J connectivity index is 1.59. The second-order valence-corrected chi connectivity index (χ2v) is 6.08. The summed E-state index contributed by atoms with van der Waals surface area (Å²) < 4.78 is 31.7. The van der Waals surface area contributed by atoms with Gasteiger partial charge in [0.1, 0.15) is 6.33 Å². The van der Waals surface area contributed by atoms with Crippen molar-refractivity contribution in [3.63, 3.8) is 0 Å². The minimum Gasteiger partial charge on any atom is -0.472 e. The Kier molecular flexibility index (Phi) is 4.20. The highest BCUT2D eigenvalue weighted by atomic mass is 19.2. The maximum atomic E-state index is 13.4. The van der Waals surface area contributed by atoms with Crippen LogP contribution >= 0.6 is 0 Å². The van der Waals surface area contributed by atoms with Gasteiger partial charge in [0.25, 0.3) is 5.91 Å². The highest BCUT2D eigenvalue weighted by Crippen LogP contribution is 2.26. The molecule has 1 aliphatic heterocycles. The first kappa shape index (κ1) is 16.4. The van der Waals surface area contributed by atoms with Crippen LogP contribution in [0.15, 0.2) is 47.5 Å². The number of nitrogens with zero attached hydrogens (tertiary/aromatic N) is 3. The summed E-state index contributed by atoms with van der Waals surface area (Å²) in [6, 6.07) is 5.04. The Morgan fingerprint density at radius 1 is 1.08 bits per heavy atom. The molecule has 7 heteroatoms. The molecule has 26 heavy (non-hydrogen) atoms. The summed E-state index contributed by atoms with van der Waals surface area (Å²) >= 11 is 0. The molecule has 0 unspecified atom stereocenters. The monoisotopic (exact) mass is 355 g/mol. The highest BCUT2D eigenvalue weighted by molar-refractivity contribution is 5.94. The summed E-state index contributed by atoms with van der Waals surface area (Å²) in [5.74, 6) is -2.32. The summed E-state index contributed by atoms with van der Waals surface area (Å²) in [4.78, 5) is 23.0. The molecule has 2 aromatic heterocycles. The summed E-state index contributed by atoms with van der Waals surface area (Å²) in [5, 5.41) is 0. The number of fused-ring (bicyclic) bond motifs is 1. The summed E-state index contributed by atoms with van der Waals surface area (Å²) in [6.45, 7) is 0.899. The molecule has 5 nitrogen and oxygen atoms in total. The average molecular weight is 355 g/mol. The SMILES string of the molecule is O=C(c1ccc(F)c(F)c1)N1CCc2ncnc(-c3ccoc3)c2CC1. The van der Waals surface area contributed by atoms with Crippen molar-refractivity contribution in [3.05, 3.63) is 71.6 Å². The molecule has 1 aromatic carbocycles. The lowest BCUT2D eigenvalue weighted by Crippen LogP contribution is -2.33. The summed E-state index contributed by atoms with van der Waals surface area (Å²) in [5.41, 5.74) is 3.66. The smallest absolute Gasteiger partial charge is 0.253 e. The van der Waals surface area contributed by atoms with Crippen molar-refractivity contribution in [1.29, 1.82) is 0 Å². The minimum absolute atomic E-state index is 0.135. The van der Waals surface area contributed by atoms with Crippen LogP contribution in [-0.2, 0) is 12.8 Å². The second-order valence-electron chi connectivity index (χ2n) is 6.08. The molecule has 132 valence electrons. The fraction of sp³-hybridized carbons (Fsp3) is 0.211. The van der Waals surface area contributed by atoms with Gasteiger partial charge in [-0.05, 0) is 30.7 Å². The summed E-state index contributed by atoms with van der Waals surface area (Å²) in [6.07, 6.45) is 5.86. The van der Waals surface area contributed by atoms with Crippen LogP contribution < -0.4 is 0 Å². The van der Waals surface area contributed by atoms with E-state index in [1.54, 1.807) is 17.4 Å². The predicted molar refractivity (Wildman–Crippen MR) is 89.4 cm³/mol. The largest absolute Gasteiger partial charge is 0.472 e. The van der Waals surface area contributed by atoms with Crippen LogP contribution in [0.2, 0.25) is 0 Å². The quantitative estimate of drug-likeness (QED) is 0.708. The lowest BCUT2D eigenvalue weighted by Gasteiger charge is -2.20. The Hall–Kier alpha value is -3.09. The van der Waals surface area contributed by atoms with Crippen molar-refractivity contribution < 1.29 is 18.0 Å². The van der Waals surface area contributed by atoms with E-state index in [0.717, 1.165) is 34.6 Å². The molecule has 1 aliphatic rings. The molecule has 3 heterocycles. The number of carbonyl (C=O) groups excluding carboxylic acids is 1. The molecule has 0 aliphatic carbocycles. The Bertz CT molecular complexity index is 957. The number of hydrogen-bond donors (Lipinski definition) is 0. The van der Waals surface area contributed by atoms with Gasteiger partial charge in [0.15, 0.2) is 11.6 Å². The molecule has 0 atom stereocenters. The number of furan rings is 1. The van der Waals surface area contributed by atoms with Gasteiger partial charge in [-0.25, -0.2) is 18.7 Å². The number of aromatic nitrogens is 2. The van der Waals surface area contributed by atoms with Gasteiger partial charge in [-0.1, -0.05) is 0 Å². The number of hydrogen-bond acceptors (Lipinski definition) is 4. The van der Waals surface area contributed by atoms with Gasteiger partial charge in [-0.3, -0.25) is 4.79 Å². The van der Waals surface area contributed by atoms with Crippen molar-refractivity contribution in [2.75, 3.05) is 13.1 Å². The van der Waals surface area contributed by atoms with Gasteiger partial charge < -0.3 is 9.32 Å². The molecule has 0 saturated heterocycles. The Morgan fingerprint density at radius 2 is 1.92 bits per heavy atom. The number of amides is 1. The molecule has 0 bridgehead atoms. The van der Waals surface area contributed by atoms with Gasteiger partial charge in [0.05, 0.1) is 18.2 Å². The van der Waals surface area contributed by atoms with Crippen LogP contribution in [0, 0.1) is 11.6 Å². The van der Waals surface area contributed by atoms with Crippen LogP contribution in [0.5, 0.6) is 0 Å². The molecule has 0 spiro atoms. The first-order chi connectivity index (χ1) is 12.6. The van der Waals surface area contributed by atoms with Crippen LogP contribution in [0.3, 0.4) is 0 Å². The van der Waals surface area contributed by atoms with E-state index >= 15 is 0 Å². The van der Waals surface area contributed by atoms with E-state index in [1.807, 2.05) is 6.07 Å². The highest BCUT2D eigenvalue weighted by Gasteiger charge is 2.23. The van der Waals surface area contributed by atoms with Crippen molar-refractivity contribution in [2.24, 2.45) is 0 Å². The van der Waals surface area contributed by atoms with Crippen LogP contribution in [0.25, 0.3) is 11.3 Å². The van der Waals surface area contributed by atoms with Crippen molar-refractivity contribution in [3.8, 4) is 11.3 Å². The van der Waals surface area contributed by atoms with E-state index in [4.69, 9.17) is 4.42 Å². The average Bonchev–Trinajstić information content (AvgIpc) is 3.09. The topological polar surface area (TPSA) is 59.2 Å². The second kappa shape index (κ2) is 6.67. The normalized spacial score (nSPS) is 14.0. The fourth-order valence-corrected chi connectivity index (χ4v) is 3.19. The van der Waals surface area contributed by atoms with Crippen LogP contribution in [0.4, 0.5) is 8.78 Å². The molecule has 1 amide bonds. The predicted octanol–water partition coefficient (Wildman–Crippen LogP) is 3.26. The van der Waals surface area contributed by atoms with Crippen LogP contribution in [-0.4, -0.2) is 33.9 Å². The third-order valence-electron chi connectivity index (χ3n) is 4.53. The van der Waals surface area contributed by atoms with E-state index < -0.39 is 11.6 Å². The molecular formula is C19H15F2N3O2. The van der Waals surface area contributed by atoms with E-state index in [9.17, 15) is 13.6 Å². The molecule has 3 aromatic rings. The lowest BCUT2D eigenvalue weighted by molar-refractivity contribution is 0.0762.